The standard InChI is InChI=1S/C21H23N5O2S/c1-4-18(20(28)23-17-11-7-14(8-12-17)13(2)27)29-21-25-24-19(26(21)3)15-5-9-16(22)10-6-15/h5-12,18H,4,22H2,1-3H3,(H,23,28). The van der Waals surface area contributed by atoms with Gasteiger partial charge in [0.05, 0.1) is 5.25 Å². The predicted octanol–water partition coefficient (Wildman–Crippen LogP) is 3.78. The van der Waals surface area contributed by atoms with Crippen molar-refractivity contribution >= 4 is 34.8 Å². The van der Waals surface area contributed by atoms with Crippen LogP contribution >= 0.6 is 11.8 Å². The summed E-state index contributed by atoms with van der Waals surface area (Å²) in [6.07, 6.45) is 0.631. The molecule has 2 aromatic carbocycles. The molecular formula is C21H23N5O2S. The van der Waals surface area contributed by atoms with E-state index in [9.17, 15) is 9.59 Å². The highest BCUT2D eigenvalue weighted by Crippen LogP contribution is 2.28. The number of nitrogen functional groups attached to an aromatic ring is 1. The molecule has 7 nitrogen and oxygen atoms in total. The Balaban J connectivity index is 1.71. The Kier molecular flexibility index (Phi) is 6.33. The van der Waals surface area contributed by atoms with E-state index in [2.05, 4.69) is 15.5 Å². The highest BCUT2D eigenvalue weighted by Gasteiger charge is 2.22. The third-order valence-electron chi connectivity index (χ3n) is 4.47. The van der Waals surface area contributed by atoms with Gasteiger partial charge in [-0.2, -0.15) is 0 Å². The Labute approximate surface area is 173 Å². The van der Waals surface area contributed by atoms with E-state index in [0.717, 1.165) is 5.56 Å². The first-order chi connectivity index (χ1) is 13.9. The number of nitrogens with two attached hydrogens (primary N) is 1. The van der Waals surface area contributed by atoms with Crippen molar-refractivity contribution in [2.45, 2.75) is 30.7 Å². The van der Waals surface area contributed by atoms with E-state index in [1.54, 1.807) is 24.3 Å². The number of aromatic nitrogens is 3. The summed E-state index contributed by atoms with van der Waals surface area (Å²) in [5.41, 5.74) is 8.60. The fourth-order valence-electron chi connectivity index (χ4n) is 2.76. The molecule has 0 aliphatic carbocycles. The first kappa shape index (κ1) is 20.6. The number of thioether (sulfide) groups is 1. The number of hydrogen-bond donors (Lipinski definition) is 2. The fraction of sp³-hybridized carbons (Fsp3) is 0.238. The number of rotatable bonds is 7. The number of benzene rings is 2. The molecular weight excluding hydrogens is 386 g/mol. The molecule has 0 spiro atoms. The SMILES string of the molecule is CCC(Sc1nnc(-c2ccc(N)cc2)n1C)C(=O)Nc1ccc(C(C)=O)cc1. The van der Waals surface area contributed by atoms with E-state index in [1.807, 2.05) is 42.8 Å². The second-order valence-corrected chi connectivity index (χ2v) is 7.79. The third kappa shape index (κ3) is 4.83. The fourth-order valence-corrected chi connectivity index (χ4v) is 3.68. The Hall–Kier alpha value is -3.13. The molecule has 1 atom stereocenters. The molecule has 0 aliphatic rings. The van der Waals surface area contributed by atoms with E-state index < -0.39 is 0 Å². The van der Waals surface area contributed by atoms with Crippen LogP contribution in [0.15, 0.2) is 53.7 Å². The zero-order valence-electron chi connectivity index (χ0n) is 16.5. The van der Waals surface area contributed by atoms with Crippen molar-refractivity contribution in [2.24, 2.45) is 7.05 Å². The summed E-state index contributed by atoms with van der Waals surface area (Å²) in [6.45, 7) is 3.46. The lowest BCUT2D eigenvalue weighted by Crippen LogP contribution is -2.25. The number of Topliss-reactive ketones (excluding diaryl/α,β-unsaturated/α-hetero) is 1. The second kappa shape index (κ2) is 8.91. The van der Waals surface area contributed by atoms with Gasteiger partial charge in [-0.05, 0) is 61.9 Å². The molecule has 8 heteroatoms. The summed E-state index contributed by atoms with van der Waals surface area (Å²) >= 11 is 1.37. The van der Waals surface area contributed by atoms with Gasteiger partial charge in [-0.25, -0.2) is 0 Å². The minimum Gasteiger partial charge on any atom is -0.399 e. The Bertz CT molecular complexity index is 1010. The van der Waals surface area contributed by atoms with Crippen LogP contribution in [0.5, 0.6) is 0 Å². The van der Waals surface area contributed by atoms with E-state index in [0.29, 0.717) is 34.3 Å². The van der Waals surface area contributed by atoms with Gasteiger partial charge < -0.3 is 15.6 Å². The molecule has 3 N–H and O–H groups in total. The van der Waals surface area contributed by atoms with Gasteiger partial charge >= 0.3 is 0 Å². The van der Waals surface area contributed by atoms with Gasteiger partial charge in [0.1, 0.15) is 0 Å². The number of carbonyl (C=O) groups excluding carboxylic acids is 2. The van der Waals surface area contributed by atoms with Gasteiger partial charge in [0.25, 0.3) is 0 Å². The highest BCUT2D eigenvalue weighted by molar-refractivity contribution is 8.00. The number of ketones is 1. The summed E-state index contributed by atoms with van der Waals surface area (Å²) < 4.78 is 1.87. The number of carbonyl (C=O) groups is 2. The zero-order valence-corrected chi connectivity index (χ0v) is 17.4. The average Bonchev–Trinajstić information content (AvgIpc) is 3.07. The summed E-state index contributed by atoms with van der Waals surface area (Å²) in [5, 5.41) is 11.7. The summed E-state index contributed by atoms with van der Waals surface area (Å²) in [4.78, 5) is 24.1. The summed E-state index contributed by atoms with van der Waals surface area (Å²) in [7, 11) is 1.87. The minimum absolute atomic E-state index is 0.0101. The van der Waals surface area contributed by atoms with E-state index in [4.69, 9.17) is 5.73 Å². The van der Waals surface area contributed by atoms with Crippen LogP contribution in [0, 0.1) is 0 Å². The van der Waals surface area contributed by atoms with Gasteiger partial charge in [0.15, 0.2) is 16.8 Å². The lowest BCUT2D eigenvalue weighted by atomic mass is 10.1. The van der Waals surface area contributed by atoms with Crippen molar-refractivity contribution in [3.8, 4) is 11.4 Å². The van der Waals surface area contributed by atoms with Crippen molar-refractivity contribution in [1.82, 2.24) is 14.8 Å². The van der Waals surface area contributed by atoms with Crippen LogP contribution in [0.2, 0.25) is 0 Å². The molecule has 1 unspecified atom stereocenters. The molecule has 0 fully saturated rings. The molecule has 3 rings (SSSR count). The van der Waals surface area contributed by atoms with Crippen LogP contribution in [0.3, 0.4) is 0 Å². The molecule has 0 radical (unpaired) electrons. The number of hydrogen-bond acceptors (Lipinski definition) is 6. The Morgan fingerprint density at radius 1 is 1.10 bits per heavy atom. The normalized spacial score (nSPS) is 11.8. The second-order valence-electron chi connectivity index (χ2n) is 6.62. The van der Waals surface area contributed by atoms with Crippen LogP contribution in [-0.4, -0.2) is 31.7 Å². The first-order valence-corrected chi connectivity index (χ1v) is 10.1. The zero-order chi connectivity index (χ0) is 21.0. The maximum Gasteiger partial charge on any atom is 0.237 e. The molecule has 3 aromatic rings. The Morgan fingerprint density at radius 3 is 2.34 bits per heavy atom. The van der Waals surface area contributed by atoms with Crippen molar-refractivity contribution < 1.29 is 9.59 Å². The van der Waals surface area contributed by atoms with Crippen LogP contribution < -0.4 is 11.1 Å². The molecule has 1 heterocycles. The topological polar surface area (TPSA) is 103 Å². The monoisotopic (exact) mass is 409 g/mol. The molecule has 1 amide bonds. The predicted molar refractivity (Wildman–Crippen MR) is 116 cm³/mol. The Morgan fingerprint density at radius 2 is 1.76 bits per heavy atom. The number of nitrogens with one attached hydrogen (secondary N) is 1. The molecule has 0 bridgehead atoms. The van der Waals surface area contributed by atoms with Crippen LogP contribution in [-0.2, 0) is 11.8 Å². The molecule has 0 saturated heterocycles. The lowest BCUT2D eigenvalue weighted by molar-refractivity contribution is -0.115. The highest BCUT2D eigenvalue weighted by atomic mass is 32.2. The van der Waals surface area contributed by atoms with Crippen molar-refractivity contribution in [3.05, 3.63) is 54.1 Å². The van der Waals surface area contributed by atoms with E-state index in [1.165, 1.54) is 18.7 Å². The molecule has 29 heavy (non-hydrogen) atoms. The van der Waals surface area contributed by atoms with E-state index in [-0.39, 0.29) is 16.9 Å². The average molecular weight is 410 g/mol. The molecule has 150 valence electrons. The quantitative estimate of drug-likeness (QED) is 0.350. The number of nitrogens with zero attached hydrogens (tertiary/aromatic N) is 3. The lowest BCUT2D eigenvalue weighted by Gasteiger charge is -2.14. The third-order valence-corrected chi connectivity index (χ3v) is 5.87. The summed E-state index contributed by atoms with van der Waals surface area (Å²) in [5.74, 6) is 0.580. The number of anilines is 2. The van der Waals surface area contributed by atoms with Crippen LogP contribution in [0.4, 0.5) is 11.4 Å². The molecule has 1 aromatic heterocycles. The maximum atomic E-state index is 12.7. The van der Waals surface area contributed by atoms with E-state index >= 15 is 0 Å². The van der Waals surface area contributed by atoms with Crippen molar-refractivity contribution in [1.29, 1.82) is 0 Å². The maximum absolute atomic E-state index is 12.7. The van der Waals surface area contributed by atoms with Gasteiger partial charge in [0, 0.05) is 29.5 Å². The smallest absolute Gasteiger partial charge is 0.237 e. The number of amides is 1. The van der Waals surface area contributed by atoms with Gasteiger partial charge in [-0.15, -0.1) is 10.2 Å². The van der Waals surface area contributed by atoms with Gasteiger partial charge in [-0.3, -0.25) is 9.59 Å². The van der Waals surface area contributed by atoms with Crippen molar-refractivity contribution in [3.63, 3.8) is 0 Å². The molecule has 0 aliphatic heterocycles. The van der Waals surface area contributed by atoms with Crippen LogP contribution in [0.25, 0.3) is 11.4 Å². The van der Waals surface area contributed by atoms with Gasteiger partial charge in [-0.1, -0.05) is 18.7 Å². The summed E-state index contributed by atoms with van der Waals surface area (Å²) in [6, 6.07) is 14.3. The van der Waals surface area contributed by atoms with Crippen molar-refractivity contribution in [2.75, 3.05) is 11.1 Å². The largest absolute Gasteiger partial charge is 0.399 e. The van der Waals surface area contributed by atoms with Crippen LogP contribution in [0.1, 0.15) is 30.6 Å². The minimum atomic E-state index is -0.329. The first-order valence-electron chi connectivity index (χ1n) is 9.23. The van der Waals surface area contributed by atoms with Gasteiger partial charge in [0.2, 0.25) is 5.91 Å². The molecule has 0 saturated carbocycles.